The quantitative estimate of drug-likeness (QED) is 0.826. The lowest BCUT2D eigenvalue weighted by molar-refractivity contribution is -0.116. The van der Waals surface area contributed by atoms with E-state index in [0.29, 0.717) is 18.7 Å². The van der Waals surface area contributed by atoms with Crippen LogP contribution in [-0.2, 0) is 14.8 Å². The highest BCUT2D eigenvalue weighted by Crippen LogP contribution is 2.25. The smallest absolute Gasteiger partial charge is 0.251 e. The fraction of sp³-hybridized carbons (Fsp3) is 0.429. The van der Waals surface area contributed by atoms with Gasteiger partial charge in [0.1, 0.15) is 0 Å². The van der Waals surface area contributed by atoms with Crippen molar-refractivity contribution in [1.29, 1.82) is 0 Å². The van der Waals surface area contributed by atoms with E-state index in [9.17, 15) is 18.0 Å². The molecule has 1 N–H and O–H groups in total. The predicted octanol–water partition coefficient (Wildman–Crippen LogP) is 0.0445. The summed E-state index contributed by atoms with van der Waals surface area (Å²) < 4.78 is 24.6. The van der Waals surface area contributed by atoms with E-state index in [0.717, 1.165) is 4.31 Å². The molecule has 0 aliphatic carbocycles. The van der Waals surface area contributed by atoms with Crippen molar-refractivity contribution in [2.75, 3.05) is 37.2 Å². The molecule has 0 unspecified atom stereocenters. The zero-order valence-corrected chi connectivity index (χ0v) is 13.4. The Bertz CT molecular complexity index is 685. The van der Waals surface area contributed by atoms with E-state index in [1.165, 1.54) is 12.1 Å². The molecule has 1 aromatic rings. The average molecular weight is 325 g/mol. The number of carbonyl (C=O) groups is 2. The van der Waals surface area contributed by atoms with Gasteiger partial charge in [-0.15, -0.1) is 0 Å². The lowest BCUT2D eigenvalue weighted by atomic mass is 10.2. The van der Waals surface area contributed by atoms with Crippen LogP contribution in [0.3, 0.4) is 0 Å². The van der Waals surface area contributed by atoms with Gasteiger partial charge in [0.05, 0.1) is 11.4 Å². The number of nitrogens with one attached hydrogen (secondary N) is 1. The van der Waals surface area contributed by atoms with E-state index in [2.05, 4.69) is 5.32 Å². The van der Waals surface area contributed by atoms with Gasteiger partial charge in [-0.05, 0) is 32.3 Å². The third-order valence-electron chi connectivity index (χ3n) is 3.27. The van der Waals surface area contributed by atoms with Gasteiger partial charge < -0.3 is 10.2 Å². The Balaban J connectivity index is 2.17. The third-order valence-corrected chi connectivity index (χ3v) is 4.96. The first-order valence-electron chi connectivity index (χ1n) is 6.90. The number of carbonyl (C=O) groups excluding carboxylic acids is 2. The number of amides is 2. The van der Waals surface area contributed by atoms with Crippen molar-refractivity contribution in [2.45, 2.75) is 6.42 Å². The number of rotatable bonds is 5. The lowest BCUT2D eigenvalue weighted by Gasteiger charge is -2.16. The second kappa shape index (κ2) is 6.45. The summed E-state index contributed by atoms with van der Waals surface area (Å²) >= 11 is 0. The van der Waals surface area contributed by atoms with Crippen molar-refractivity contribution in [2.24, 2.45) is 0 Å². The molecule has 120 valence electrons. The van der Waals surface area contributed by atoms with Gasteiger partial charge >= 0.3 is 0 Å². The molecule has 1 aromatic carbocycles. The van der Waals surface area contributed by atoms with Gasteiger partial charge in [0.15, 0.2) is 0 Å². The Morgan fingerprint density at radius 1 is 1.36 bits per heavy atom. The summed E-state index contributed by atoms with van der Waals surface area (Å²) in [5.41, 5.74) is 0.536. The first-order chi connectivity index (χ1) is 10.3. The molecule has 0 radical (unpaired) electrons. The van der Waals surface area contributed by atoms with E-state index >= 15 is 0 Å². The summed E-state index contributed by atoms with van der Waals surface area (Å²) in [6.07, 6.45) is -0.0262. The third kappa shape index (κ3) is 3.63. The highest BCUT2D eigenvalue weighted by atomic mass is 32.2. The van der Waals surface area contributed by atoms with Crippen molar-refractivity contribution < 1.29 is 18.0 Å². The molecule has 0 spiro atoms. The van der Waals surface area contributed by atoms with Crippen molar-refractivity contribution >= 4 is 27.5 Å². The van der Waals surface area contributed by atoms with E-state index in [-0.39, 0.29) is 23.8 Å². The standard InChI is InChI=1S/C14H19N3O4S/c1-16(2)8-7-15-14(19)11-4-3-5-12(10-11)17-13(18)6-9-22(17,20)21/h3-5,10H,6-9H2,1-2H3,(H,15,19). The van der Waals surface area contributed by atoms with Crippen molar-refractivity contribution in [1.82, 2.24) is 10.2 Å². The van der Waals surface area contributed by atoms with Gasteiger partial charge in [-0.3, -0.25) is 9.59 Å². The molecular weight excluding hydrogens is 306 g/mol. The van der Waals surface area contributed by atoms with Crippen LogP contribution in [-0.4, -0.2) is 58.1 Å². The molecule has 22 heavy (non-hydrogen) atoms. The molecule has 1 aliphatic heterocycles. The maximum Gasteiger partial charge on any atom is 0.251 e. The number of nitrogens with zero attached hydrogens (tertiary/aromatic N) is 2. The molecule has 1 aliphatic rings. The Labute approximate surface area is 129 Å². The summed E-state index contributed by atoms with van der Waals surface area (Å²) in [6, 6.07) is 6.09. The Morgan fingerprint density at radius 2 is 2.09 bits per heavy atom. The molecule has 0 atom stereocenters. The molecule has 8 heteroatoms. The predicted molar refractivity (Wildman–Crippen MR) is 83.2 cm³/mol. The van der Waals surface area contributed by atoms with Gasteiger partial charge in [-0.2, -0.15) is 0 Å². The van der Waals surface area contributed by atoms with Crippen molar-refractivity contribution in [3.63, 3.8) is 0 Å². The number of benzene rings is 1. The molecule has 0 saturated carbocycles. The van der Waals surface area contributed by atoms with Gasteiger partial charge in [0.2, 0.25) is 15.9 Å². The highest BCUT2D eigenvalue weighted by Gasteiger charge is 2.36. The molecule has 1 fully saturated rings. The fourth-order valence-electron chi connectivity index (χ4n) is 2.14. The topological polar surface area (TPSA) is 86.8 Å². The minimum absolute atomic E-state index is 0.0262. The van der Waals surface area contributed by atoms with Crippen LogP contribution in [0, 0.1) is 0 Å². The average Bonchev–Trinajstić information content (AvgIpc) is 2.72. The Hall–Kier alpha value is -1.93. The fourth-order valence-corrected chi connectivity index (χ4v) is 3.59. The number of likely N-dealkylation sites (N-methyl/N-ethyl adjacent to an activating group) is 1. The van der Waals surface area contributed by atoms with Crippen LogP contribution in [0.5, 0.6) is 0 Å². The summed E-state index contributed by atoms with van der Waals surface area (Å²) in [4.78, 5) is 25.7. The van der Waals surface area contributed by atoms with Crippen LogP contribution in [0.25, 0.3) is 0 Å². The minimum atomic E-state index is -3.61. The van der Waals surface area contributed by atoms with Crippen LogP contribution in [0.4, 0.5) is 5.69 Å². The second-order valence-corrected chi connectivity index (χ2v) is 7.27. The van der Waals surface area contributed by atoms with Crippen LogP contribution in [0.15, 0.2) is 24.3 Å². The van der Waals surface area contributed by atoms with E-state index in [4.69, 9.17) is 0 Å². The summed E-state index contributed by atoms with van der Waals surface area (Å²) in [5.74, 6) is -0.955. The second-order valence-electron chi connectivity index (χ2n) is 5.33. The summed E-state index contributed by atoms with van der Waals surface area (Å²) in [7, 11) is 0.184. The van der Waals surface area contributed by atoms with Crippen LogP contribution >= 0.6 is 0 Å². The highest BCUT2D eigenvalue weighted by molar-refractivity contribution is 7.94. The van der Waals surface area contributed by atoms with Crippen LogP contribution < -0.4 is 9.62 Å². The first-order valence-corrected chi connectivity index (χ1v) is 8.51. The monoisotopic (exact) mass is 325 g/mol. The molecule has 0 aromatic heterocycles. The molecule has 1 saturated heterocycles. The van der Waals surface area contributed by atoms with E-state index in [1.807, 2.05) is 19.0 Å². The molecule has 0 bridgehead atoms. The zero-order chi connectivity index (χ0) is 16.3. The number of sulfonamides is 1. The summed E-state index contributed by atoms with van der Waals surface area (Å²) in [6.45, 7) is 1.18. The van der Waals surface area contributed by atoms with Gasteiger partial charge in [0, 0.05) is 25.1 Å². The molecular formula is C14H19N3O4S. The summed E-state index contributed by atoms with van der Waals surface area (Å²) in [5, 5.41) is 2.75. The van der Waals surface area contributed by atoms with E-state index < -0.39 is 15.9 Å². The van der Waals surface area contributed by atoms with Crippen molar-refractivity contribution in [3.05, 3.63) is 29.8 Å². The van der Waals surface area contributed by atoms with Crippen molar-refractivity contribution in [3.8, 4) is 0 Å². The first kappa shape index (κ1) is 16.4. The van der Waals surface area contributed by atoms with Gasteiger partial charge in [-0.1, -0.05) is 6.07 Å². The number of hydrogen-bond donors (Lipinski definition) is 1. The zero-order valence-electron chi connectivity index (χ0n) is 12.6. The van der Waals surface area contributed by atoms with Gasteiger partial charge in [0.25, 0.3) is 5.91 Å². The van der Waals surface area contributed by atoms with Crippen LogP contribution in [0.1, 0.15) is 16.8 Å². The Morgan fingerprint density at radius 3 is 2.68 bits per heavy atom. The number of anilines is 1. The van der Waals surface area contributed by atoms with Crippen LogP contribution in [0.2, 0.25) is 0 Å². The minimum Gasteiger partial charge on any atom is -0.351 e. The van der Waals surface area contributed by atoms with E-state index in [1.54, 1.807) is 12.1 Å². The largest absolute Gasteiger partial charge is 0.351 e. The van der Waals surface area contributed by atoms with Gasteiger partial charge in [-0.25, -0.2) is 12.7 Å². The SMILES string of the molecule is CN(C)CCNC(=O)c1cccc(N2C(=O)CCS2(=O)=O)c1. The number of hydrogen-bond acceptors (Lipinski definition) is 5. The lowest BCUT2D eigenvalue weighted by Crippen LogP contribution is -2.32. The maximum absolute atomic E-state index is 12.1. The molecule has 2 rings (SSSR count). The molecule has 2 amide bonds. The normalized spacial score (nSPS) is 17.0. The molecule has 7 nitrogen and oxygen atoms in total. The molecule has 1 heterocycles. The Kier molecular flexibility index (Phi) is 4.82. The maximum atomic E-state index is 12.1.